The summed E-state index contributed by atoms with van der Waals surface area (Å²) in [5.74, 6) is -0.411. The molecule has 1 amide bonds. The van der Waals surface area contributed by atoms with E-state index in [9.17, 15) is 9.18 Å². The topological polar surface area (TPSA) is 86.5 Å². The molecule has 32 heavy (non-hydrogen) atoms. The number of carbonyl (C=O) groups excluding carboxylic acids is 1. The average Bonchev–Trinajstić information content (AvgIpc) is 3.16. The molecule has 0 saturated carbocycles. The van der Waals surface area contributed by atoms with Gasteiger partial charge < -0.3 is 20.5 Å². The Morgan fingerprint density at radius 1 is 1.22 bits per heavy atom. The molecule has 170 valence electrons. The van der Waals surface area contributed by atoms with Gasteiger partial charge in [-0.2, -0.15) is 0 Å². The molecule has 0 aliphatic heterocycles. The van der Waals surface area contributed by atoms with Crippen molar-refractivity contribution in [1.82, 2.24) is 4.98 Å². The van der Waals surface area contributed by atoms with Crippen molar-refractivity contribution in [1.29, 1.82) is 0 Å². The number of thiophene rings is 1. The number of aryl methyl sites for hydroxylation is 1. The highest BCUT2D eigenvalue weighted by Gasteiger charge is 2.23. The third-order valence-electron chi connectivity index (χ3n) is 5.45. The van der Waals surface area contributed by atoms with Crippen LogP contribution in [0.5, 0.6) is 0 Å². The number of primary amides is 1. The normalized spacial score (nSPS) is 11.6. The first-order valence-electron chi connectivity index (χ1n) is 10.2. The van der Waals surface area contributed by atoms with Crippen molar-refractivity contribution in [2.24, 2.45) is 5.73 Å². The zero-order valence-corrected chi connectivity index (χ0v) is 19.7. The van der Waals surface area contributed by atoms with E-state index in [4.69, 9.17) is 15.2 Å². The van der Waals surface area contributed by atoms with Gasteiger partial charge in [0.15, 0.2) is 0 Å². The highest BCUT2D eigenvalue weighted by molar-refractivity contribution is 7.19. The molecular weight excluding hydrogens is 429 g/mol. The number of carbonyl (C=O) groups is 1. The number of aromatic nitrogens is 1. The molecule has 1 aromatic carbocycles. The number of nitrogens with two attached hydrogens (primary N) is 1. The Labute approximate surface area is 191 Å². The summed E-state index contributed by atoms with van der Waals surface area (Å²) in [6.45, 7) is 6.27. The lowest BCUT2D eigenvalue weighted by Crippen LogP contribution is -2.19. The SMILES string of the molecule is COCCc1ccc(Nc2sc(-c3ccc(C(C)(C)OC)cc3F)cc2C(N)=O)nc1C. The van der Waals surface area contributed by atoms with Crippen LogP contribution in [0.1, 0.15) is 41.0 Å². The number of amides is 1. The first-order valence-corrected chi connectivity index (χ1v) is 11.0. The molecular formula is C24H28FN3O3S. The monoisotopic (exact) mass is 457 g/mol. The third kappa shape index (κ3) is 5.15. The quantitative estimate of drug-likeness (QED) is 0.463. The van der Waals surface area contributed by atoms with Crippen LogP contribution in [0, 0.1) is 12.7 Å². The van der Waals surface area contributed by atoms with Gasteiger partial charge in [-0.25, -0.2) is 9.37 Å². The molecule has 2 aromatic heterocycles. The number of methoxy groups -OCH3 is 2. The fraction of sp³-hybridized carbons (Fsp3) is 0.333. The van der Waals surface area contributed by atoms with Gasteiger partial charge in [-0.1, -0.05) is 18.2 Å². The molecule has 0 radical (unpaired) electrons. The Kier molecular flexibility index (Phi) is 7.28. The molecule has 0 atom stereocenters. The van der Waals surface area contributed by atoms with Crippen molar-refractivity contribution in [3.8, 4) is 10.4 Å². The fourth-order valence-electron chi connectivity index (χ4n) is 3.26. The van der Waals surface area contributed by atoms with E-state index in [1.54, 1.807) is 26.4 Å². The van der Waals surface area contributed by atoms with E-state index in [1.165, 1.54) is 17.4 Å². The second-order valence-corrected chi connectivity index (χ2v) is 8.99. The van der Waals surface area contributed by atoms with E-state index in [0.29, 0.717) is 27.9 Å². The Bertz CT molecular complexity index is 1130. The van der Waals surface area contributed by atoms with Gasteiger partial charge in [-0.15, -0.1) is 11.3 Å². The first-order chi connectivity index (χ1) is 15.2. The van der Waals surface area contributed by atoms with E-state index in [0.717, 1.165) is 23.2 Å². The summed E-state index contributed by atoms with van der Waals surface area (Å²) in [5.41, 5.74) is 8.32. The van der Waals surface area contributed by atoms with Gasteiger partial charge in [0.1, 0.15) is 16.6 Å². The van der Waals surface area contributed by atoms with Crippen LogP contribution in [-0.2, 0) is 21.5 Å². The molecule has 0 spiro atoms. The second kappa shape index (κ2) is 9.77. The standard InChI is InChI=1S/C24H28FN3O3S/c1-14-15(10-11-30-4)6-9-21(27-14)28-23-18(22(26)29)13-20(32-23)17-8-7-16(12-19(17)25)24(2,3)31-5/h6-9,12-13H,10-11H2,1-5H3,(H2,26,29)(H,27,28). The summed E-state index contributed by atoms with van der Waals surface area (Å²) in [6.07, 6.45) is 0.764. The Morgan fingerprint density at radius 2 is 1.97 bits per heavy atom. The van der Waals surface area contributed by atoms with Crippen LogP contribution in [0.2, 0.25) is 0 Å². The number of benzene rings is 1. The minimum Gasteiger partial charge on any atom is -0.384 e. The number of pyridine rings is 1. The van der Waals surface area contributed by atoms with Gasteiger partial charge in [0.2, 0.25) is 0 Å². The zero-order valence-electron chi connectivity index (χ0n) is 18.9. The molecule has 8 heteroatoms. The lowest BCUT2D eigenvalue weighted by atomic mass is 9.96. The number of nitrogens with one attached hydrogen (secondary N) is 1. The van der Waals surface area contributed by atoms with Crippen LogP contribution in [0.25, 0.3) is 10.4 Å². The maximum atomic E-state index is 15.0. The summed E-state index contributed by atoms with van der Waals surface area (Å²) < 4.78 is 25.5. The summed E-state index contributed by atoms with van der Waals surface area (Å²) in [7, 11) is 3.25. The van der Waals surface area contributed by atoms with Gasteiger partial charge in [0.05, 0.1) is 17.8 Å². The molecule has 0 fully saturated rings. The summed E-state index contributed by atoms with van der Waals surface area (Å²) in [5, 5.41) is 3.68. The number of rotatable bonds is 9. The van der Waals surface area contributed by atoms with Gasteiger partial charge in [-0.05, 0) is 56.5 Å². The molecule has 3 N–H and O–H groups in total. The minimum absolute atomic E-state index is 0.286. The highest BCUT2D eigenvalue weighted by Crippen LogP contribution is 2.39. The van der Waals surface area contributed by atoms with Gasteiger partial charge in [0, 0.05) is 30.4 Å². The first kappa shape index (κ1) is 23.8. The third-order valence-corrected chi connectivity index (χ3v) is 6.53. The Balaban J connectivity index is 1.93. The van der Waals surface area contributed by atoms with Gasteiger partial charge in [0.25, 0.3) is 5.91 Å². The van der Waals surface area contributed by atoms with Crippen molar-refractivity contribution < 1.29 is 18.7 Å². The summed E-state index contributed by atoms with van der Waals surface area (Å²) in [6, 6.07) is 10.4. The van der Waals surface area contributed by atoms with E-state index in [2.05, 4.69) is 10.3 Å². The lowest BCUT2D eigenvalue weighted by Gasteiger charge is -2.23. The largest absolute Gasteiger partial charge is 0.384 e. The Hall–Kier alpha value is -2.81. The van der Waals surface area contributed by atoms with Crippen molar-refractivity contribution >= 4 is 28.1 Å². The molecule has 0 aliphatic carbocycles. The number of halogens is 1. The van der Waals surface area contributed by atoms with Crippen LogP contribution in [0.3, 0.4) is 0 Å². The molecule has 0 saturated heterocycles. The van der Waals surface area contributed by atoms with Gasteiger partial charge >= 0.3 is 0 Å². The van der Waals surface area contributed by atoms with Gasteiger partial charge in [-0.3, -0.25) is 4.79 Å². The number of hydrogen-bond acceptors (Lipinski definition) is 6. The summed E-state index contributed by atoms with van der Waals surface area (Å²) in [4.78, 5) is 17.2. The molecule has 0 aliphatic rings. The lowest BCUT2D eigenvalue weighted by molar-refractivity contribution is 0.0190. The smallest absolute Gasteiger partial charge is 0.251 e. The maximum Gasteiger partial charge on any atom is 0.251 e. The minimum atomic E-state index is -0.612. The molecule has 3 rings (SSSR count). The van der Waals surface area contributed by atoms with Crippen LogP contribution in [-0.4, -0.2) is 31.7 Å². The van der Waals surface area contributed by atoms with Crippen molar-refractivity contribution in [3.63, 3.8) is 0 Å². The van der Waals surface area contributed by atoms with E-state index >= 15 is 0 Å². The van der Waals surface area contributed by atoms with Crippen molar-refractivity contribution in [3.05, 3.63) is 64.6 Å². The molecule has 0 unspecified atom stereocenters. The molecule has 0 bridgehead atoms. The summed E-state index contributed by atoms with van der Waals surface area (Å²) >= 11 is 1.25. The molecule has 3 aromatic rings. The van der Waals surface area contributed by atoms with Crippen LogP contribution < -0.4 is 11.1 Å². The Morgan fingerprint density at radius 3 is 2.56 bits per heavy atom. The maximum absolute atomic E-state index is 15.0. The molecule has 6 nitrogen and oxygen atoms in total. The highest BCUT2D eigenvalue weighted by atomic mass is 32.1. The number of ether oxygens (including phenoxy) is 2. The van der Waals surface area contributed by atoms with Crippen LogP contribution in [0.4, 0.5) is 15.2 Å². The van der Waals surface area contributed by atoms with Crippen molar-refractivity contribution in [2.75, 3.05) is 26.1 Å². The zero-order chi connectivity index (χ0) is 23.5. The predicted molar refractivity (Wildman–Crippen MR) is 126 cm³/mol. The van der Waals surface area contributed by atoms with E-state index in [-0.39, 0.29) is 5.56 Å². The van der Waals surface area contributed by atoms with E-state index < -0.39 is 17.3 Å². The van der Waals surface area contributed by atoms with Crippen LogP contribution in [0.15, 0.2) is 36.4 Å². The predicted octanol–water partition coefficient (Wildman–Crippen LogP) is 5.17. The van der Waals surface area contributed by atoms with Crippen molar-refractivity contribution in [2.45, 2.75) is 32.8 Å². The number of hydrogen-bond donors (Lipinski definition) is 2. The van der Waals surface area contributed by atoms with Crippen LogP contribution >= 0.6 is 11.3 Å². The van der Waals surface area contributed by atoms with E-state index in [1.807, 2.05) is 39.0 Å². The number of nitrogens with zero attached hydrogens (tertiary/aromatic N) is 1. The second-order valence-electron chi connectivity index (χ2n) is 7.94. The average molecular weight is 458 g/mol. The number of anilines is 2. The fourth-order valence-corrected chi connectivity index (χ4v) is 4.36. The molecule has 2 heterocycles.